The van der Waals surface area contributed by atoms with E-state index in [1.54, 1.807) is 6.08 Å². The minimum Gasteiger partial charge on any atom is -0.462 e. The van der Waals surface area contributed by atoms with E-state index in [-0.39, 0.29) is 32.6 Å². The predicted molar refractivity (Wildman–Crippen MR) is 212 cm³/mol. The van der Waals surface area contributed by atoms with Gasteiger partial charge in [0.25, 0.3) is 0 Å². The third-order valence-electron chi connectivity index (χ3n) is 8.00. The molecule has 4 N–H and O–H groups in total. The SMILES string of the molecule is CC/C=C\C/C=C\C/C=C\C=C\C(O)C/C=C\CCCC(=O)OC(COC(=O)CCCCCCCCCCCCCCC)COP(=O)(O)OCCN. The Morgan fingerprint density at radius 1 is 0.692 bits per heavy atom. The van der Waals surface area contributed by atoms with Crippen LogP contribution < -0.4 is 5.73 Å². The molecule has 0 aliphatic heterocycles. The van der Waals surface area contributed by atoms with Gasteiger partial charge in [-0.25, -0.2) is 4.57 Å². The van der Waals surface area contributed by atoms with E-state index < -0.39 is 38.6 Å². The molecule has 0 aliphatic rings. The molecule has 0 fully saturated rings. The number of ether oxygens (including phenoxy) is 2. The van der Waals surface area contributed by atoms with E-state index in [2.05, 4.69) is 38.2 Å². The summed E-state index contributed by atoms with van der Waals surface area (Å²) >= 11 is 0. The Labute approximate surface area is 315 Å². The summed E-state index contributed by atoms with van der Waals surface area (Å²) in [4.78, 5) is 34.7. The van der Waals surface area contributed by atoms with Gasteiger partial charge in [0.1, 0.15) is 6.61 Å². The summed E-state index contributed by atoms with van der Waals surface area (Å²) in [5, 5.41) is 10.1. The lowest BCUT2D eigenvalue weighted by atomic mass is 10.0. The second-order valence-electron chi connectivity index (χ2n) is 13.0. The summed E-state index contributed by atoms with van der Waals surface area (Å²) in [7, 11) is -4.41. The van der Waals surface area contributed by atoms with Crippen LogP contribution in [0.3, 0.4) is 0 Å². The molecule has 0 saturated carbocycles. The molecular formula is C41H72NO9P. The summed E-state index contributed by atoms with van der Waals surface area (Å²) in [6.45, 7) is 3.42. The Balaban J connectivity index is 4.41. The van der Waals surface area contributed by atoms with Crippen molar-refractivity contribution in [3.63, 3.8) is 0 Å². The molecule has 300 valence electrons. The minimum atomic E-state index is -4.41. The maximum Gasteiger partial charge on any atom is 0.472 e. The predicted octanol–water partition coefficient (Wildman–Crippen LogP) is 9.91. The fourth-order valence-corrected chi connectivity index (χ4v) is 5.81. The molecule has 0 heterocycles. The van der Waals surface area contributed by atoms with E-state index in [4.69, 9.17) is 24.3 Å². The molecule has 0 aromatic heterocycles. The zero-order valence-corrected chi connectivity index (χ0v) is 33.3. The molecule has 0 aliphatic carbocycles. The average Bonchev–Trinajstić information content (AvgIpc) is 3.12. The summed E-state index contributed by atoms with van der Waals surface area (Å²) < 4.78 is 32.6. The molecule has 0 bridgehead atoms. The molecule has 10 nitrogen and oxygen atoms in total. The highest BCUT2D eigenvalue weighted by Gasteiger charge is 2.25. The molecular weight excluding hydrogens is 681 g/mol. The molecule has 0 aromatic rings. The summed E-state index contributed by atoms with van der Waals surface area (Å²) in [6.07, 6.45) is 38.5. The number of aliphatic hydroxyl groups excluding tert-OH is 1. The Hall–Kier alpha value is -2.33. The lowest BCUT2D eigenvalue weighted by Crippen LogP contribution is -2.29. The molecule has 0 aromatic carbocycles. The first-order valence-electron chi connectivity index (χ1n) is 19.9. The zero-order chi connectivity index (χ0) is 38.4. The van der Waals surface area contributed by atoms with Gasteiger partial charge < -0.3 is 25.2 Å². The van der Waals surface area contributed by atoms with Crippen molar-refractivity contribution in [2.24, 2.45) is 5.73 Å². The molecule has 0 saturated heterocycles. The number of hydrogen-bond donors (Lipinski definition) is 3. The maximum absolute atomic E-state index is 12.5. The minimum absolute atomic E-state index is 0.0282. The van der Waals surface area contributed by atoms with Crippen LogP contribution in [0.4, 0.5) is 0 Å². The van der Waals surface area contributed by atoms with Gasteiger partial charge in [-0.05, 0) is 44.9 Å². The fourth-order valence-electron chi connectivity index (χ4n) is 5.05. The number of rotatable bonds is 36. The third kappa shape index (κ3) is 36.0. The van der Waals surface area contributed by atoms with Crippen molar-refractivity contribution in [2.75, 3.05) is 26.4 Å². The summed E-state index contributed by atoms with van der Waals surface area (Å²) in [5.41, 5.74) is 5.32. The Bertz CT molecular complexity index is 1060. The van der Waals surface area contributed by atoms with Gasteiger partial charge in [-0.15, -0.1) is 0 Å². The summed E-state index contributed by atoms with van der Waals surface area (Å²) in [6, 6.07) is 0. The van der Waals surface area contributed by atoms with Crippen molar-refractivity contribution in [2.45, 2.75) is 161 Å². The van der Waals surface area contributed by atoms with E-state index in [0.29, 0.717) is 25.7 Å². The lowest BCUT2D eigenvalue weighted by molar-refractivity contribution is -0.161. The molecule has 0 spiro atoms. The molecule has 0 amide bonds. The van der Waals surface area contributed by atoms with Gasteiger partial charge in [-0.2, -0.15) is 0 Å². The lowest BCUT2D eigenvalue weighted by Gasteiger charge is -2.19. The molecule has 52 heavy (non-hydrogen) atoms. The largest absolute Gasteiger partial charge is 0.472 e. The topological polar surface area (TPSA) is 155 Å². The first kappa shape index (κ1) is 49.7. The number of esters is 2. The monoisotopic (exact) mass is 753 g/mol. The molecule has 3 unspecified atom stereocenters. The number of phosphoric acid groups is 1. The standard InChI is InChI=1S/C41H72NO9P/c1-3-5-7-9-11-13-15-16-17-19-21-23-28-32-40(44)48-36-39(37-50-52(46,47)49-35-34-42)51-41(45)33-29-25-24-27-31-38(43)30-26-22-20-18-14-12-10-8-6-4-2/h6,8,12,14,20,22,24,26-27,30,38-39,43H,3-5,7,9-11,13,15-19,21,23,25,28-29,31-37,42H2,1-2H3,(H,46,47)/b8-6-,14-12-,22-20-,27-24-,30-26+. The Morgan fingerprint density at radius 2 is 1.29 bits per heavy atom. The van der Waals surface area contributed by atoms with E-state index in [1.807, 2.05) is 30.4 Å². The van der Waals surface area contributed by atoms with Crippen molar-refractivity contribution < 1.29 is 42.7 Å². The molecule has 0 rings (SSSR count). The van der Waals surface area contributed by atoms with Crippen LogP contribution in [0.25, 0.3) is 0 Å². The second kappa shape index (κ2) is 37.0. The van der Waals surface area contributed by atoms with Crippen LogP contribution in [0.5, 0.6) is 0 Å². The quantitative estimate of drug-likeness (QED) is 0.0185. The second-order valence-corrected chi connectivity index (χ2v) is 14.4. The number of phosphoric ester groups is 1. The number of carbonyl (C=O) groups is 2. The first-order valence-corrected chi connectivity index (χ1v) is 21.4. The van der Waals surface area contributed by atoms with Crippen molar-refractivity contribution in [3.05, 3.63) is 60.8 Å². The normalized spacial score (nSPS) is 14.6. The van der Waals surface area contributed by atoms with Crippen molar-refractivity contribution in [1.29, 1.82) is 0 Å². The van der Waals surface area contributed by atoms with E-state index in [0.717, 1.165) is 38.5 Å². The van der Waals surface area contributed by atoms with Crippen LogP contribution >= 0.6 is 7.82 Å². The van der Waals surface area contributed by atoms with Crippen molar-refractivity contribution in [3.8, 4) is 0 Å². The van der Waals surface area contributed by atoms with E-state index >= 15 is 0 Å². The van der Waals surface area contributed by atoms with Crippen LogP contribution in [0.1, 0.15) is 149 Å². The number of unbranched alkanes of at least 4 members (excludes halogenated alkanes) is 13. The zero-order valence-electron chi connectivity index (χ0n) is 32.4. The van der Waals surface area contributed by atoms with Gasteiger partial charge in [-0.3, -0.25) is 18.6 Å². The highest BCUT2D eigenvalue weighted by molar-refractivity contribution is 7.47. The van der Waals surface area contributed by atoms with Gasteiger partial charge in [0.15, 0.2) is 6.10 Å². The van der Waals surface area contributed by atoms with Crippen LogP contribution in [0.15, 0.2) is 60.8 Å². The van der Waals surface area contributed by atoms with Gasteiger partial charge in [0.05, 0.1) is 19.3 Å². The van der Waals surface area contributed by atoms with Gasteiger partial charge in [0, 0.05) is 19.4 Å². The van der Waals surface area contributed by atoms with Gasteiger partial charge in [-0.1, -0.05) is 152 Å². The number of nitrogens with two attached hydrogens (primary N) is 1. The number of carbonyl (C=O) groups excluding carboxylic acids is 2. The first-order chi connectivity index (χ1) is 25.2. The highest BCUT2D eigenvalue weighted by Crippen LogP contribution is 2.43. The Morgan fingerprint density at radius 3 is 1.92 bits per heavy atom. The molecule has 0 radical (unpaired) electrons. The van der Waals surface area contributed by atoms with Crippen molar-refractivity contribution >= 4 is 19.8 Å². The smallest absolute Gasteiger partial charge is 0.462 e. The average molecular weight is 754 g/mol. The van der Waals surface area contributed by atoms with Crippen LogP contribution in [0.2, 0.25) is 0 Å². The molecule has 3 atom stereocenters. The number of allylic oxidation sites excluding steroid dienone is 8. The van der Waals surface area contributed by atoms with Gasteiger partial charge >= 0.3 is 19.8 Å². The third-order valence-corrected chi connectivity index (χ3v) is 8.98. The fraction of sp³-hybridized carbons (Fsp3) is 0.707. The van der Waals surface area contributed by atoms with Crippen molar-refractivity contribution in [1.82, 2.24) is 0 Å². The van der Waals surface area contributed by atoms with Gasteiger partial charge in [0.2, 0.25) is 0 Å². The number of aliphatic hydroxyl groups is 1. The van der Waals surface area contributed by atoms with Crippen LogP contribution in [0, 0.1) is 0 Å². The number of hydrogen-bond acceptors (Lipinski definition) is 9. The maximum atomic E-state index is 12.5. The van der Waals surface area contributed by atoms with Crippen LogP contribution in [-0.2, 0) is 32.7 Å². The molecule has 11 heteroatoms. The highest BCUT2D eigenvalue weighted by atomic mass is 31.2. The van der Waals surface area contributed by atoms with E-state index in [1.165, 1.54) is 57.8 Å². The van der Waals surface area contributed by atoms with Crippen LogP contribution in [-0.4, -0.2) is 60.5 Å². The Kier molecular flexibility index (Phi) is 35.3. The van der Waals surface area contributed by atoms with E-state index in [9.17, 15) is 24.2 Å². The summed E-state index contributed by atoms with van der Waals surface area (Å²) in [5.74, 6) is -0.968.